The lowest BCUT2D eigenvalue weighted by Gasteiger charge is -2.25. The van der Waals surface area contributed by atoms with Crippen LogP contribution in [0.1, 0.15) is 131 Å². The lowest BCUT2D eigenvalue weighted by atomic mass is 9.85. The normalized spacial score (nSPS) is 11.1. The number of rotatable bonds is 17. The number of hydrogen-bond donors (Lipinski definition) is 0. The highest BCUT2D eigenvalue weighted by Crippen LogP contribution is 2.33. The molecule has 3 rings (SSSR count). The van der Waals surface area contributed by atoms with E-state index in [9.17, 15) is 9.59 Å². The maximum Gasteiger partial charge on any atom is 0.261 e. The largest absolute Gasteiger partial charge is 1.00 e. The van der Waals surface area contributed by atoms with Gasteiger partial charge in [-0.1, -0.05) is 110 Å². The van der Waals surface area contributed by atoms with Gasteiger partial charge in [0.15, 0.2) is 6.20 Å². The second-order valence-electron chi connectivity index (χ2n) is 12.5. The van der Waals surface area contributed by atoms with E-state index in [0.29, 0.717) is 17.7 Å². The Morgan fingerprint density at radius 1 is 0.727 bits per heavy atom. The van der Waals surface area contributed by atoms with Gasteiger partial charge in [0.1, 0.15) is 18.8 Å². The molecule has 2 aromatic carbocycles. The van der Waals surface area contributed by atoms with Crippen molar-refractivity contribution >= 4 is 11.8 Å². The van der Waals surface area contributed by atoms with Gasteiger partial charge >= 0.3 is 0 Å². The summed E-state index contributed by atoms with van der Waals surface area (Å²) in [7, 11) is 0. The minimum absolute atomic E-state index is 0. The Morgan fingerprint density at radius 3 is 1.93 bits per heavy atom. The van der Waals surface area contributed by atoms with Gasteiger partial charge in [0.05, 0.1) is 6.61 Å². The Kier molecular flexibility index (Phi) is 16.7. The number of unbranched alkanes of at least 4 members (excludes halogenated alkanes) is 9. The summed E-state index contributed by atoms with van der Waals surface area (Å²) in [5.41, 5.74) is 2.61. The van der Waals surface area contributed by atoms with Crippen molar-refractivity contribution in [3.8, 4) is 5.75 Å². The zero-order valence-electron chi connectivity index (χ0n) is 27.6. The van der Waals surface area contributed by atoms with E-state index in [2.05, 4.69) is 39.2 Å². The molecule has 0 bridgehead atoms. The fraction of sp³-hybridized carbons (Fsp3) is 0.500. The van der Waals surface area contributed by atoms with Gasteiger partial charge in [-0.2, -0.15) is 0 Å². The van der Waals surface area contributed by atoms with Crippen molar-refractivity contribution in [2.24, 2.45) is 0 Å². The van der Waals surface area contributed by atoms with Crippen molar-refractivity contribution in [2.45, 2.75) is 117 Å². The van der Waals surface area contributed by atoms with Gasteiger partial charge in [0.2, 0.25) is 5.69 Å². The van der Waals surface area contributed by atoms with Crippen LogP contribution < -0.4 is 33.3 Å². The first kappa shape index (κ1) is 37.4. The molecule has 240 valence electrons. The Hall–Kier alpha value is -2.74. The molecule has 0 fully saturated rings. The maximum absolute atomic E-state index is 14.1. The summed E-state index contributed by atoms with van der Waals surface area (Å²) in [5, 5.41) is 0. The van der Waals surface area contributed by atoms with Crippen LogP contribution in [-0.4, -0.2) is 23.3 Å². The smallest absolute Gasteiger partial charge is 0.261 e. The van der Waals surface area contributed by atoms with Crippen LogP contribution in [0.5, 0.6) is 5.75 Å². The standard InChI is InChI=1S/C38H53N2O3.HI/c1-6-8-9-10-11-12-13-14-15-21-28-43-35-26-25-32(29-34(35)38(3,4)5)37(42)40(36(41)31-22-17-16-18-23-31)30-33-24-19-20-27-39(33)7-2;/h16-20,22-27,29H,6-15,21,28,30H2,1-5H3;1H/q+1;/p-1. The molecule has 0 saturated heterocycles. The van der Waals surface area contributed by atoms with E-state index in [4.69, 9.17) is 4.74 Å². The van der Waals surface area contributed by atoms with E-state index in [-0.39, 0.29) is 47.8 Å². The van der Waals surface area contributed by atoms with Crippen molar-refractivity contribution in [1.29, 1.82) is 0 Å². The van der Waals surface area contributed by atoms with Crippen LogP contribution in [0, 0.1) is 0 Å². The van der Waals surface area contributed by atoms with Crippen molar-refractivity contribution in [2.75, 3.05) is 6.61 Å². The number of benzene rings is 2. The average molecular weight is 713 g/mol. The SMILES string of the molecule is CCCCCCCCCCCCOc1ccc(C(=O)N(Cc2cccc[n+]2CC)C(=O)c2ccccc2)cc1C(C)(C)C.[I-]. The van der Waals surface area contributed by atoms with E-state index in [0.717, 1.165) is 30.0 Å². The molecule has 0 spiro atoms. The second kappa shape index (κ2) is 19.6. The third-order valence-electron chi connectivity index (χ3n) is 8.00. The number of carbonyl (C=O) groups is 2. The molecule has 0 aliphatic rings. The fourth-order valence-corrected chi connectivity index (χ4v) is 5.40. The molecule has 0 aliphatic carbocycles. The molecule has 0 atom stereocenters. The number of aromatic nitrogens is 1. The highest BCUT2D eigenvalue weighted by atomic mass is 127. The number of carbonyl (C=O) groups excluding carboxylic acids is 2. The van der Waals surface area contributed by atoms with Gasteiger partial charge in [0, 0.05) is 28.8 Å². The van der Waals surface area contributed by atoms with Crippen LogP contribution in [0.4, 0.5) is 0 Å². The van der Waals surface area contributed by atoms with Gasteiger partial charge in [-0.15, -0.1) is 0 Å². The van der Waals surface area contributed by atoms with Gasteiger partial charge in [-0.3, -0.25) is 14.5 Å². The minimum Gasteiger partial charge on any atom is -1.00 e. The number of ether oxygens (including phenoxy) is 1. The molecule has 0 N–H and O–H groups in total. The molecule has 0 aliphatic heterocycles. The van der Waals surface area contributed by atoms with Crippen molar-refractivity contribution < 1.29 is 42.9 Å². The summed E-state index contributed by atoms with van der Waals surface area (Å²) in [6.07, 6.45) is 14.8. The van der Waals surface area contributed by atoms with E-state index in [1.165, 1.54) is 62.7 Å². The van der Waals surface area contributed by atoms with E-state index >= 15 is 0 Å². The second-order valence-corrected chi connectivity index (χ2v) is 12.5. The fourth-order valence-electron chi connectivity index (χ4n) is 5.40. The highest BCUT2D eigenvalue weighted by molar-refractivity contribution is 6.10. The molecule has 1 aromatic heterocycles. The first-order chi connectivity index (χ1) is 20.8. The zero-order chi connectivity index (χ0) is 31.1. The predicted molar refractivity (Wildman–Crippen MR) is 175 cm³/mol. The number of aryl methyl sites for hydroxylation is 1. The molecule has 1 heterocycles. The summed E-state index contributed by atoms with van der Waals surface area (Å²) < 4.78 is 8.34. The Labute approximate surface area is 283 Å². The molecule has 0 saturated carbocycles. The predicted octanol–water partition coefficient (Wildman–Crippen LogP) is 6.08. The minimum atomic E-state index is -0.313. The van der Waals surface area contributed by atoms with Crippen LogP contribution >= 0.6 is 0 Å². The summed E-state index contributed by atoms with van der Waals surface area (Å²) in [5.74, 6) is 0.190. The van der Waals surface area contributed by atoms with Crippen molar-refractivity contribution in [1.82, 2.24) is 4.90 Å². The molecule has 5 nitrogen and oxygen atoms in total. The molecule has 0 unspecified atom stereocenters. The van der Waals surface area contributed by atoms with Crippen LogP contribution in [0.3, 0.4) is 0 Å². The van der Waals surface area contributed by atoms with Gasteiger partial charge < -0.3 is 28.7 Å². The number of halogens is 1. The van der Waals surface area contributed by atoms with E-state index in [1.807, 2.05) is 54.7 Å². The van der Waals surface area contributed by atoms with Crippen molar-refractivity contribution in [3.63, 3.8) is 0 Å². The monoisotopic (exact) mass is 712 g/mol. The summed E-state index contributed by atoms with van der Waals surface area (Å²) >= 11 is 0. The zero-order valence-corrected chi connectivity index (χ0v) is 29.8. The molecule has 44 heavy (non-hydrogen) atoms. The number of imide groups is 1. The van der Waals surface area contributed by atoms with E-state index in [1.54, 1.807) is 18.2 Å². The third-order valence-corrected chi connectivity index (χ3v) is 8.00. The van der Waals surface area contributed by atoms with Crippen LogP contribution in [0.15, 0.2) is 72.9 Å². The molecule has 0 radical (unpaired) electrons. The van der Waals surface area contributed by atoms with Gasteiger partial charge in [-0.25, -0.2) is 4.57 Å². The quantitative estimate of drug-likeness (QED) is 0.0739. The lowest BCUT2D eigenvalue weighted by molar-refractivity contribution is -0.701. The van der Waals surface area contributed by atoms with Crippen LogP contribution in [0.25, 0.3) is 0 Å². The van der Waals surface area contributed by atoms with Gasteiger partial charge in [-0.05, 0) is 49.1 Å². The number of hydrogen-bond acceptors (Lipinski definition) is 3. The number of amides is 2. The molecular formula is C38H53IN2O3. The van der Waals surface area contributed by atoms with Crippen LogP contribution in [0.2, 0.25) is 0 Å². The summed E-state index contributed by atoms with van der Waals surface area (Å²) in [6, 6.07) is 20.5. The lowest BCUT2D eigenvalue weighted by Crippen LogP contribution is -3.00. The Morgan fingerprint density at radius 2 is 1.32 bits per heavy atom. The summed E-state index contributed by atoms with van der Waals surface area (Å²) in [6.45, 7) is 12.3. The third kappa shape index (κ3) is 11.6. The topological polar surface area (TPSA) is 50.5 Å². The maximum atomic E-state index is 14.1. The Balaban J connectivity index is 0.00000675. The molecule has 3 aromatic rings. The van der Waals surface area contributed by atoms with Crippen LogP contribution in [-0.2, 0) is 18.5 Å². The first-order valence-corrected chi connectivity index (χ1v) is 16.4. The van der Waals surface area contributed by atoms with Gasteiger partial charge in [0.25, 0.3) is 11.8 Å². The van der Waals surface area contributed by atoms with E-state index < -0.39 is 0 Å². The molecule has 6 heteroatoms. The molecule has 2 amide bonds. The van der Waals surface area contributed by atoms with Crippen molar-refractivity contribution in [3.05, 3.63) is 95.3 Å². The number of nitrogens with zero attached hydrogens (tertiary/aromatic N) is 2. The first-order valence-electron chi connectivity index (χ1n) is 16.4. The average Bonchev–Trinajstić information content (AvgIpc) is 3.02. The number of pyridine rings is 1. The highest BCUT2D eigenvalue weighted by Gasteiger charge is 2.29. The Bertz CT molecular complexity index is 1290. The summed E-state index contributed by atoms with van der Waals surface area (Å²) in [4.78, 5) is 29.1. The molecular weight excluding hydrogens is 659 g/mol.